The third kappa shape index (κ3) is 8.74. The van der Waals surface area contributed by atoms with Crippen LogP contribution in [0.2, 0.25) is 0 Å². The van der Waals surface area contributed by atoms with Crippen LogP contribution in [0.5, 0.6) is 0 Å². The normalized spacial score (nSPS) is 11.0. The fourth-order valence-corrected chi connectivity index (χ4v) is 5.66. The van der Waals surface area contributed by atoms with Crippen LogP contribution in [0.25, 0.3) is 17.3 Å². The number of thiazole rings is 1. The molecule has 1 heterocycles. The number of aromatic nitrogens is 1. The van der Waals surface area contributed by atoms with E-state index in [2.05, 4.69) is 36.9 Å². The average molecular weight is 670 g/mol. The van der Waals surface area contributed by atoms with E-state index in [1.165, 1.54) is 23.1 Å². The number of carbonyl (C=O) groups is 3. The van der Waals surface area contributed by atoms with Crippen LogP contribution in [-0.4, -0.2) is 28.5 Å². The number of anilines is 2. The first-order valence-electron chi connectivity index (χ1n) is 13.1. The highest BCUT2D eigenvalue weighted by Crippen LogP contribution is 2.27. The van der Waals surface area contributed by atoms with Crippen LogP contribution in [-0.2, 0) is 9.59 Å². The number of hydrogen-bond donors (Lipinski definition) is 3. The number of nitrogens with one attached hydrogen (secondary N) is 3. The van der Waals surface area contributed by atoms with Gasteiger partial charge in [-0.3, -0.25) is 14.4 Å². The molecule has 0 saturated carbocycles. The Morgan fingerprint density at radius 1 is 0.837 bits per heavy atom. The van der Waals surface area contributed by atoms with E-state index in [-0.39, 0.29) is 17.4 Å². The fraction of sp³-hybridized carbons (Fsp3) is 0.0303. The average Bonchev–Trinajstić information content (AvgIpc) is 3.49. The molecule has 0 atom stereocenters. The summed E-state index contributed by atoms with van der Waals surface area (Å²) >= 11 is 6.13. The highest BCUT2D eigenvalue weighted by Gasteiger charge is 2.16. The van der Waals surface area contributed by atoms with Gasteiger partial charge in [-0.1, -0.05) is 82.7 Å². The van der Waals surface area contributed by atoms with Gasteiger partial charge in [0.2, 0.25) is 5.91 Å². The summed E-state index contributed by atoms with van der Waals surface area (Å²) < 4.78 is 0.986. The number of benzene rings is 4. The summed E-state index contributed by atoms with van der Waals surface area (Å²) in [5, 5.41) is 10.9. The van der Waals surface area contributed by atoms with Crippen molar-refractivity contribution in [1.82, 2.24) is 10.3 Å². The zero-order chi connectivity index (χ0) is 30.0. The molecule has 0 saturated heterocycles. The lowest BCUT2D eigenvalue weighted by molar-refractivity contribution is -0.114. The number of rotatable bonds is 10. The SMILES string of the molecule is O=C(CSc1cccc(NC(=O)/C(=C/c2ccccc2)NC(=O)c2ccccc2)c1)Nc1nc(-c2ccc(Br)cc2)cs1. The van der Waals surface area contributed by atoms with E-state index in [9.17, 15) is 14.4 Å². The molecule has 5 rings (SSSR count). The van der Waals surface area contributed by atoms with E-state index < -0.39 is 11.8 Å². The molecule has 43 heavy (non-hydrogen) atoms. The van der Waals surface area contributed by atoms with Crippen molar-refractivity contribution >= 4 is 73.6 Å². The first-order chi connectivity index (χ1) is 20.9. The first kappa shape index (κ1) is 30.0. The maximum atomic E-state index is 13.3. The standard InChI is InChI=1S/C33H25BrN4O3S2/c34-25-16-14-23(15-17-25)29-20-43-33(37-29)38-30(39)21-42-27-13-7-12-26(19-27)35-32(41)28(18-22-8-3-1-4-9-22)36-31(40)24-10-5-2-6-11-24/h1-20H,21H2,(H,35,41)(H,36,40)(H,37,38,39)/b28-18-. The Labute approximate surface area is 265 Å². The molecule has 5 aromatic rings. The molecule has 0 aliphatic heterocycles. The molecule has 3 amide bonds. The van der Waals surface area contributed by atoms with Gasteiger partial charge in [0.25, 0.3) is 11.8 Å². The minimum atomic E-state index is -0.474. The number of thioether (sulfide) groups is 1. The topological polar surface area (TPSA) is 100 Å². The maximum Gasteiger partial charge on any atom is 0.272 e. The zero-order valence-electron chi connectivity index (χ0n) is 22.6. The van der Waals surface area contributed by atoms with Crippen LogP contribution in [0.15, 0.2) is 130 Å². The van der Waals surface area contributed by atoms with Gasteiger partial charge < -0.3 is 16.0 Å². The molecular weight excluding hydrogens is 644 g/mol. The van der Waals surface area contributed by atoms with Crippen LogP contribution in [0.3, 0.4) is 0 Å². The Balaban J connectivity index is 1.21. The highest BCUT2D eigenvalue weighted by atomic mass is 79.9. The van der Waals surface area contributed by atoms with Gasteiger partial charge in [0.15, 0.2) is 5.13 Å². The monoisotopic (exact) mass is 668 g/mol. The minimum absolute atomic E-state index is 0.100. The predicted octanol–water partition coefficient (Wildman–Crippen LogP) is 7.71. The summed E-state index contributed by atoms with van der Waals surface area (Å²) in [5.41, 5.74) is 3.60. The largest absolute Gasteiger partial charge is 0.321 e. The number of halogens is 1. The molecule has 0 aliphatic rings. The highest BCUT2D eigenvalue weighted by molar-refractivity contribution is 9.10. The molecule has 1 aromatic heterocycles. The molecule has 4 aromatic carbocycles. The van der Waals surface area contributed by atoms with Crippen LogP contribution in [0.4, 0.5) is 10.8 Å². The van der Waals surface area contributed by atoms with E-state index in [0.29, 0.717) is 16.4 Å². The summed E-state index contributed by atoms with van der Waals surface area (Å²) in [5.74, 6) is -0.889. The van der Waals surface area contributed by atoms with Crippen LogP contribution >= 0.6 is 39.0 Å². The van der Waals surface area contributed by atoms with Crippen LogP contribution in [0.1, 0.15) is 15.9 Å². The summed E-state index contributed by atoms with van der Waals surface area (Å²) in [7, 11) is 0. The lowest BCUT2D eigenvalue weighted by Gasteiger charge is -2.12. The molecule has 10 heteroatoms. The van der Waals surface area contributed by atoms with E-state index in [0.717, 1.165) is 26.2 Å². The fourth-order valence-electron chi connectivity index (χ4n) is 3.91. The van der Waals surface area contributed by atoms with Gasteiger partial charge >= 0.3 is 0 Å². The Hall–Kier alpha value is -4.51. The number of hydrogen-bond acceptors (Lipinski definition) is 6. The number of carbonyl (C=O) groups excluding carboxylic acids is 3. The van der Waals surface area contributed by atoms with E-state index >= 15 is 0 Å². The molecule has 0 fully saturated rings. The second-order valence-corrected chi connectivity index (χ2v) is 12.0. The summed E-state index contributed by atoms with van der Waals surface area (Å²) in [6.45, 7) is 0. The van der Waals surface area contributed by atoms with Crippen molar-refractivity contribution in [1.29, 1.82) is 0 Å². The third-order valence-electron chi connectivity index (χ3n) is 5.99. The Morgan fingerprint density at radius 2 is 1.56 bits per heavy atom. The molecule has 7 nitrogen and oxygen atoms in total. The molecule has 0 spiro atoms. The second kappa shape index (κ2) is 14.6. The molecule has 0 aliphatic carbocycles. The lowest BCUT2D eigenvalue weighted by Crippen LogP contribution is -2.30. The summed E-state index contributed by atoms with van der Waals surface area (Å²) in [6, 6.07) is 33.0. The Kier molecular flexibility index (Phi) is 10.2. The quantitative estimate of drug-likeness (QED) is 0.105. The predicted molar refractivity (Wildman–Crippen MR) is 178 cm³/mol. The van der Waals surface area contributed by atoms with Crippen molar-refractivity contribution in [3.05, 3.63) is 136 Å². The minimum Gasteiger partial charge on any atom is -0.321 e. The smallest absolute Gasteiger partial charge is 0.272 e. The van der Waals surface area contributed by atoms with Gasteiger partial charge in [-0.25, -0.2) is 4.98 Å². The van der Waals surface area contributed by atoms with Crippen molar-refractivity contribution in [3.63, 3.8) is 0 Å². The molecule has 214 valence electrons. The van der Waals surface area contributed by atoms with Crippen LogP contribution < -0.4 is 16.0 Å². The van der Waals surface area contributed by atoms with Crippen LogP contribution in [0, 0.1) is 0 Å². The first-order valence-corrected chi connectivity index (χ1v) is 15.8. The van der Waals surface area contributed by atoms with E-state index in [1.807, 2.05) is 72.1 Å². The third-order valence-corrected chi connectivity index (χ3v) is 8.27. The van der Waals surface area contributed by atoms with Crippen molar-refractivity contribution in [2.45, 2.75) is 4.90 Å². The number of nitrogens with zero attached hydrogens (tertiary/aromatic N) is 1. The van der Waals surface area contributed by atoms with Crippen molar-refractivity contribution in [2.24, 2.45) is 0 Å². The Bertz CT molecular complexity index is 1760. The van der Waals surface area contributed by atoms with Crippen molar-refractivity contribution in [2.75, 3.05) is 16.4 Å². The van der Waals surface area contributed by atoms with Gasteiger partial charge in [-0.15, -0.1) is 23.1 Å². The summed E-state index contributed by atoms with van der Waals surface area (Å²) in [4.78, 5) is 44.1. The molecule has 0 radical (unpaired) electrons. The van der Waals surface area contributed by atoms with Gasteiger partial charge in [0.05, 0.1) is 11.4 Å². The molecule has 0 unspecified atom stereocenters. The maximum absolute atomic E-state index is 13.3. The van der Waals surface area contributed by atoms with Gasteiger partial charge in [-0.2, -0.15) is 0 Å². The molecular formula is C33H25BrN4O3S2. The van der Waals surface area contributed by atoms with E-state index in [4.69, 9.17) is 0 Å². The second-order valence-electron chi connectivity index (χ2n) is 9.15. The molecule has 3 N–H and O–H groups in total. The number of amides is 3. The molecule has 0 bridgehead atoms. The summed E-state index contributed by atoms with van der Waals surface area (Å²) in [6.07, 6.45) is 1.62. The van der Waals surface area contributed by atoms with Gasteiger partial charge in [-0.05, 0) is 54.1 Å². The van der Waals surface area contributed by atoms with E-state index in [1.54, 1.807) is 48.5 Å². The van der Waals surface area contributed by atoms with Gasteiger partial charge in [0.1, 0.15) is 5.70 Å². The van der Waals surface area contributed by atoms with Crippen molar-refractivity contribution in [3.8, 4) is 11.3 Å². The van der Waals surface area contributed by atoms with Crippen molar-refractivity contribution < 1.29 is 14.4 Å². The lowest BCUT2D eigenvalue weighted by atomic mass is 10.1. The van der Waals surface area contributed by atoms with Gasteiger partial charge in [0, 0.05) is 31.6 Å². The zero-order valence-corrected chi connectivity index (χ0v) is 25.8. The Morgan fingerprint density at radius 3 is 2.30 bits per heavy atom.